The highest BCUT2D eigenvalue weighted by Gasteiger charge is 2.16. The Morgan fingerprint density at radius 1 is 1.35 bits per heavy atom. The van der Waals surface area contributed by atoms with Gasteiger partial charge >= 0.3 is 0 Å². The van der Waals surface area contributed by atoms with Crippen molar-refractivity contribution in [2.45, 2.75) is 6.92 Å². The summed E-state index contributed by atoms with van der Waals surface area (Å²) in [5, 5.41) is 0.616. The first-order valence-electron chi connectivity index (χ1n) is 4.75. The second-order valence-electron chi connectivity index (χ2n) is 3.47. The standard InChI is InChI=1S/C12H7Br2ClOS/c1-6-7(3-2-4-9(6)15)11(16)10-5-8(13)12(14)17-10/h2-5H,1H3. The third kappa shape index (κ3) is 2.65. The first-order valence-corrected chi connectivity index (χ1v) is 7.53. The van der Waals surface area contributed by atoms with E-state index >= 15 is 0 Å². The zero-order chi connectivity index (χ0) is 12.6. The molecule has 88 valence electrons. The number of hydrogen-bond donors (Lipinski definition) is 0. The lowest BCUT2D eigenvalue weighted by atomic mass is 10.0. The van der Waals surface area contributed by atoms with Crippen LogP contribution in [0.15, 0.2) is 32.5 Å². The van der Waals surface area contributed by atoms with Crippen LogP contribution >= 0.6 is 54.8 Å². The summed E-state index contributed by atoms with van der Waals surface area (Å²) in [6.07, 6.45) is 0. The first kappa shape index (κ1) is 13.3. The van der Waals surface area contributed by atoms with Crippen LogP contribution in [0.1, 0.15) is 20.8 Å². The van der Waals surface area contributed by atoms with Gasteiger partial charge in [0, 0.05) is 15.1 Å². The average Bonchev–Trinajstić information content (AvgIpc) is 2.62. The molecule has 0 fully saturated rings. The van der Waals surface area contributed by atoms with Crippen molar-refractivity contribution in [2.24, 2.45) is 0 Å². The Hall–Kier alpha value is -0.160. The molecule has 0 aliphatic carbocycles. The van der Waals surface area contributed by atoms with Gasteiger partial charge in [0.05, 0.1) is 8.66 Å². The number of rotatable bonds is 2. The predicted octanol–water partition coefficient (Wildman–Crippen LogP) is 5.47. The third-order valence-electron chi connectivity index (χ3n) is 2.38. The minimum atomic E-state index is 0.00130. The Kier molecular flexibility index (Phi) is 4.08. The van der Waals surface area contributed by atoms with Crippen molar-refractivity contribution in [2.75, 3.05) is 0 Å². The van der Waals surface area contributed by atoms with Gasteiger partial charge in [0.15, 0.2) is 0 Å². The summed E-state index contributed by atoms with van der Waals surface area (Å²) in [5.74, 6) is 0.00130. The normalized spacial score (nSPS) is 10.6. The summed E-state index contributed by atoms with van der Waals surface area (Å²) in [6.45, 7) is 1.85. The van der Waals surface area contributed by atoms with Crippen molar-refractivity contribution in [3.63, 3.8) is 0 Å². The maximum atomic E-state index is 12.3. The third-order valence-corrected chi connectivity index (χ3v) is 6.05. The fraction of sp³-hybridized carbons (Fsp3) is 0.0833. The van der Waals surface area contributed by atoms with Crippen LogP contribution in [0, 0.1) is 6.92 Å². The van der Waals surface area contributed by atoms with Gasteiger partial charge in [-0.3, -0.25) is 4.79 Å². The molecule has 0 N–H and O–H groups in total. The highest BCUT2D eigenvalue weighted by molar-refractivity contribution is 9.13. The van der Waals surface area contributed by atoms with Gasteiger partial charge in [0.25, 0.3) is 0 Å². The number of benzene rings is 1. The SMILES string of the molecule is Cc1c(Cl)cccc1C(=O)c1cc(Br)c(Br)s1. The fourth-order valence-electron chi connectivity index (χ4n) is 1.44. The van der Waals surface area contributed by atoms with Crippen molar-refractivity contribution in [1.82, 2.24) is 0 Å². The Labute approximate surface area is 125 Å². The molecule has 0 unspecified atom stereocenters. The second-order valence-corrected chi connectivity index (χ2v) is 7.11. The largest absolute Gasteiger partial charge is 0.288 e. The van der Waals surface area contributed by atoms with Crippen molar-refractivity contribution in [3.05, 3.63) is 53.6 Å². The summed E-state index contributed by atoms with van der Waals surface area (Å²) < 4.78 is 1.81. The van der Waals surface area contributed by atoms with Gasteiger partial charge in [0.1, 0.15) is 0 Å². The molecular weight excluding hydrogens is 387 g/mol. The van der Waals surface area contributed by atoms with E-state index in [0.29, 0.717) is 15.5 Å². The number of thiophene rings is 1. The van der Waals surface area contributed by atoms with E-state index in [1.807, 2.05) is 13.0 Å². The van der Waals surface area contributed by atoms with Gasteiger partial charge in [0.2, 0.25) is 5.78 Å². The molecule has 0 atom stereocenters. The zero-order valence-electron chi connectivity index (χ0n) is 8.76. The van der Waals surface area contributed by atoms with Crippen LogP contribution in [0.25, 0.3) is 0 Å². The molecule has 0 bridgehead atoms. The van der Waals surface area contributed by atoms with E-state index in [2.05, 4.69) is 31.9 Å². The van der Waals surface area contributed by atoms with Crippen LogP contribution in [0.4, 0.5) is 0 Å². The van der Waals surface area contributed by atoms with E-state index in [1.54, 1.807) is 18.2 Å². The summed E-state index contributed by atoms with van der Waals surface area (Å²) in [7, 11) is 0. The molecule has 0 radical (unpaired) electrons. The van der Waals surface area contributed by atoms with E-state index < -0.39 is 0 Å². The molecule has 1 aromatic heterocycles. The van der Waals surface area contributed by atoms with Gasteiger partial charge in [-0.05, 0) is 56.5 Å². The van der Waals surface area contributed by atoms with Gasteiger partial charge in [-0.15, -0.1) is 11.3 Å². The number of hydrogen-bond acceptors (Lipinski definition) is 2. The number of ketones is 1. The maximum Gasteiger partial charge on any atom is 0.203 e. The summed E-state index contributed by atoms with van der Waals surface area (Å²) in [6, 6.07) is 7.19. The van der Waals surface area contributed by atoms with Crippen LogP contribution in [-0.2, 0) is 0 Å². The van der Waals surface area contributed by atoms with Gasteiger partial charge in [-0.1, -0.05) is 23.7 Å². The molecule has 0 saturated heterocycles. The van der Waals surface area contributed by atoms with Crippen molar-refractivity contribution >= 4 is 60.6 Å². The Morgan fingerprint density at radius 3 is 2.65 bits per heavy atom. The quantitative estimate of drug-likeness (QED) is 0.618. The van der Waals surface area contributed by atoms with Crippen LogP contribution < -0.4 is 0 Å². The smallest absolute Gasteiger partial charge is 0.203 e. The molecular formula is C12H7Br2ClOS. The highest BCUT2D eigenvalue weighted by Crippen LogP contribution is 2.34. The summed E-state index contributed by atoms with van der Waals surface area (Å²) in [4.78, 5) is 13.0. The molecule has 0 aliphatic rings. The zero-order valence-corrected chi connectivity index (χ0v) is 13.5. The van der Waals surface area contributed by atoms with Crippen LogP contribution in [0.3, 0.4) is 0 Å². The van der Waals surface area contributed by atoms with E-state index in [4.69, 9.17) is 11.6 Å². The number of halogens is 3. The lowest BCUT2D eigenvalue weighted by Crippen LogP contribution is -2.01. The molecule has 0 saturated carbocycles. The monoisotopic (exact) mass is 392 g/mol. The van der Waals surface area contributed by atoms with E-state index in [1.165, 1.54) is 11.3 Å². The van der Waals surface area contributed by atoms with Gasteiger partial charge in [-0.2, -0.15) is 0 Å². The Morgan fingerprint density at radius 2 is 2.06 bits per heavy atom. The molecule has 1 heterocycles. The number of carbonyl (C=O) groups is 1. The van der Waals surface area contributed by atoms with Crippen LogP contribution in [0.2, 0.25) is 5.02 Å². The van der Waals surface area contributed by atoms with E-state index in [-0.39, 0.29) is 5.78 Å². The van der Waals surface area contributed by atoms with Crippen molar-refractivity contribution in [1.29, 1.82) is 0 Å². The van der Waals surface area contributed by atoms with E-state index in [9.17, 15) is 4.79 Å². The Bertz CT molecular complexity index is 573. The van der Waals surface area contributed by atoms with E-state index in [0.717, 1.165) is 13.8 Å². The fourth-order valence-corrected chi connectivity index (χ4v) is 3.61. The average molecular weight is 395 g/mol. The topological polar surface area (TPSA) is 17.1 Å². The highest BCUT2D eigenvalue weighted by atomic mass is 79.9. The molecule has 1 nitrogen and oxygen atoms in total. The second kappa shape index (κ2) is 5.22. The van der Waals surface area contributed by atoms with Crippen LogP contribution in [0.5, 0.6) is 0 Å². The summed E-state index contributed by atoms with van der Waals surface area (Å²) in [5.41, 5.74) is 1.47. The molecule has 0 spiro atoms. The Balaban J connectivity index is 2.47. The van der Waals surface area contributed by atoms with Crippen LogP contribution in [-0.4, -0.2) is 5.78 Å². The van der Waals surface area contributed by atoms with Crippen molar-refractivity contribution in [3.8, 4) is 0 Å². The molecule has 2 aromatic rings. The molecule has 0 amide bonds. The minimum Gasteiger partial charge on any atom is -0.288 e. The molecule has 1 aromatic carbocycles. The summed E-state index contributed by atoms with van der Waals surface area (Å²) >= 11 is 14.2. The lowest BCUT2D eigenvalue weighted by molar-refractivity contribution is 0.104. The molecule has 17 heavy (non-hydrogen) atoms. The van der Waals surface area contributed by atoms with Gasteiger partial charge in [-0.25, -0.2) is 0 Å². The lowest BCUT2D eigenvalue weighted by Gasteiger charge is -2.04. The first-order chi connectivity index (χ1) is 8.00. The molecule has 0 aliphatic heterocycles. The predicted molar refractivity (Wildman–Crippen MR) is 79.3 cm³/mol. The van der Waals surface area contributed by atoms with Gasteiger partial charge < -0.3 is 0 Å². The number of carbonyl (C=O) groups excluding carboxylic acids is 1. The minimum absolute atomic E-state index is 0.00130. The maximum absolute atomic E-state index is 12.3. The molecule has 5 heteroatoms. The van der Waals surface area contributed by atoms with Crippen molar-refractivity contribution < 1.29 is 4.79 Å². The molecule has 2 rings (SSSR count).